The fourth-order valence-electron chi connectivity index (χ4n) is 2.08. The summed E-state index contributed by atoms with van der Waals surface area (Å²) in [6.45, 7) is 5.80. The van der Waals surface area contributed by atoms with Crippen molar-refractivity contribution in [3.63, 3.8) is 0 Å². The number of amides is 1. The van der Waals surface area contributed by atoms with Gasteiger partial charge in [-0.15, -0.1) is 0 Å². The van der Waals surface area contributed by atoms with E-state index in [4.69, 9.17) is 16.3 Å². The van der Waals surface area contributed by atoms with Gasteiger partial charge in [-0.1, -0.05) is 23.7 Å². The first kappa shape index (κ1) is 18.0. The third-order valence-corrected chi connectivity index (χ3v) is 3.46. The van der Waals surface area contributed by atoms with Gasteiger partial charge in [0, 0.05) is 16.3 Å². The number of ether oxygens (including phenoxy) is 1. The molecule has 0 aliphatic rings. The molecule has 0 aromatic heterocycles. The molecule has 4 nitrogen and oxygen atoms in total. The lowest BCUT2D eigenvalue weighted by Gasteiger charge is -2.27. The summed E-state index contributed by atoms with van der Waals surface area (Å²) in [5.74, 6) is 0. The van der Waals surface area contributed by atoms with Gasteiger partial charge in [-0.25, -0.2) is 4.79 Å². The molecular weight excluding hydrogens is 326 g/mol. The monoisotopic (exact) mass is 345 g/mol. The van der Waals surface area contributed by atoms with Gasteiger partial charge >= 0.3 is 6.09 Å². The van der Waals surface area contributed by atoms with Gasteiger partial charge in [0.1, 0.15) is 11.9 Å². The second-order valence-corrected chi connectivity index (χ2v) is 6.84. The van der Waals surface area contributed by atoms with E-state index in [2.05, 4.69) is 0 Å². The first-order valence-corrected chi connectivity index (χ1v) is 7.96. The minimum absolute atomic E-state index is 0.340. The van der Waals surface area contributed by atoms with Gasteiger partial charge in [0.15, 0.2) is 0 Å². The molecule has 0 aliphatic heterocycles. The van der Waals surface area contributed by atoms with Crippen molar-refractivity contribution in [3.8, 4) is 0 Å². The average Bonchev–Trinajstić information content (AvgIpc) is 2.53. The zero-order valence-corrected chi connectivity index (χ0v) is 14.7. The number of halogens is 1. The molecule has 0 atom stereocenters. The van der Waals surface area contributed by atoms with Crippen molar-refractivity contribution < 1.29 is 14.3 Å². The minimum atomic E-state index is -0.599. The summed E-state index contributed by atoms with van der Waals surface area (Å²) in [6, 6.07) is 14.1. The maximum Gasteiger partial charge on any atom is 0.415 e. The van der Waals surface area contributed by atoms with E-state index in [1.807, 2.05) is 32.9 Å². The number of aldehydes is 1. The Hall–Kier alpha value is -2.33. The van der Waals surface area contributed by atoms with E-state index in [1.54, 1.807) is 36.4 Å². The maximum absolute atomic E-state index is 12.6. The zero-order valence-electron chi connectivity index (χ0n) is 14.0. The molecule has 0 saturated heterocycles. The van der Waals surface area contributed by atoms with Crippen molar-refractivity contribution >= 4 is 29.7 Å². The van der Waals surface area contributed by atoms with E-state index in [0.29, 0.717) is 22.8 Å². The minimum Gasteiger partial charge on any atom is -0.443 e. The van der Waals surface area contributed by atoms with Crippen LogP contribution in [0, 0.1) is 0 Å². The third-order valence-electron chi connectivity index (χ3n) is 3.21. The van der Waals surface area contributed by atoms with Crippen LogP contribution in [0.15, 0.2) is 48.5 Å². The van der Waals surface area contributed by atoms with E-state index < -0.39 is 11.7 Å². The summed E-state index contributed by atoms with van der Waals surface area (Å²) in [7, 11) is 0. The second-order valence-electron chi connectivity index (χ2n) is 6.40. The summed E-state index contributed by atoms with van der Waals surface area (Å²) in [6.07, 6.45) is 0.317. The van der Waals surface area contributed by atoms with Crippen LogP contribution in [0.25, 0.3) is 0 Å². The molecule has 24 heavy (non-hydrogen) atoms. The topological polar surface area (TPSA) is 46.6 Å². The number of anilines is 1. The largest absolute Gasteiger partial charge is 0.443 e. The lowest BCUT2D eigenvalue weighted by atomic mass is 10.1. The molecule has 0 spiro atoms. The van der Waals surface area contributed by atoms with Crippen LogP contribution < -0.4 is 4.90 Å². The molecule has 2 aromatic rings. The molecule has 0 bridgehead atoms. The van der Waals surface area contributed by atoms with Crippen molar-refractivity contribution in [2.45, 2.75) is 32.9 Å². The normalized spacial score (nSPS) is 11.0. The number of benzene rings is 2. The Labute approximate surface area is 147 Å². The fraction of sp³-hybridized carbons (Fsp3) is 0.263. The van der Waals surface area contributed by atoms with Gasteiger partial charge in [0.25, 0.3) is 0 Å². The SMILES string of the molecule is CC(C)(C)OC(=O)N(Cc1ccc(Cl)cc1)c1ccc(C=O)cc1. The summed E-state index contributed by atoms with van der Waals surface area (Å²) >= 11 is 5.91. The summed E-state index contributed by atoms with van der Waals surface area (Å²) in [4.78, 5) is 24.9. The molecule has 0 fully saturated rings. The summed E-state index contributed by atoms with van der Waals surface area (Å²) in [5, 5.41) is 0.637. The Balaban J connectivity index is 2.30. The van der Waals surface area contributed by atoms with Gasteiger partial charge in [-0.3, -0.25) is 9.69 Å². The fourth-order valence-corrected chi connectivity index (χ4v) is 2.21. The number of hydrogen-bond acceptors (Lipinski definition) is 3. The highest BCUT2D eigenvalue weighted by Crippen LogP contribution is 2.22. The molecule has 1 amide bonds. The van der Waals surface area contributed by atoms with Gasteiger partial charge < -0.3 is 4.74 Å². The number of carbonyl (C=O) groups excluding carboxylic acids is 2. The molecule has 0 aliphatic carbocycles. The summed E-state index contributed by atoms with van der Waals surface area (Å²) < 4.78 is 5.50. The van der Waals surface area contributed by atoms with Crippen LogP contribution in [-0.4, -0.2) is 18.0 Å². The zero-order chi connectivity index (χ0) is 17.7. The van der Waals surface area contributed by atoms with Crippen LogP contribution in [0.1, 0.15) is 36.7 Å². The Morgan fingerprint density at radius 1 is 1.08 bits per heavy atom. The smallest absolute Gasteiger partial charge is 0.415 e. The molecule has 0 heterocycles. The highest BCUT2D eigenvalue weighted by Gasteiger charge is 2.23. The average molecular weight is 346 g/mol. The Kier molecular flexibility index (Phi) is 5.62. The maximum atomic E-state index is 12.6. The Morgan fingerprint density at radius 3 is 2.17 bits per heavy atom. The van der Waals surface area contributed by atoms with Crippen molar-refractivity contribution in [1.29, 1.82) is 0 Å². The van der Waals surface area contributed by atoms with E-state index in [0.717, 1.165) is 11.8 Å². The van der Waals surface area contributed by atoms with Crippen LogP contribution in [0.4, 0.5) is 10.5 Å². The molecule has 0 N–H and O–H groups in total. The molecular formula is C19H20ClNO3. The summed E-state index contributed by atoms with van der Waals surface area (Å²) in [5.41, 5.74) is 1.53. The van der Waals surface area contributed by atoms with E-state index >= 15 is 0 Å². The van der Waals surface area contributed by atoms with Gasteiger partial charge in [0.2, 0.25) is 0 Å². The highest BCUT2D eigenvalue weighted by molar-refractivity contribution is 6.30. The van der Waals surface area contributed by atoms with Crippen LogP contribution in [-0.2, 0) is 11.3 Å². The predicted octanol–water partition coefficient (Wildman–Crippen LogP) is 5.09. The third kappa shape index (κ3) is 5.10. The quantitative estimate of drug-likeness (QED) is 0.725. The lowest BCUT2D eigenvalue weighted by molar-refractivity contribution is 0.0577. The Bertz CT molecular complexity index is 703. The number of carbonyl (C=O) groups is 2. The standard InChI is InChI=1S/C19H20ClNO3/c1-19(2,3)24-18(23)21(12-14-4-8-16(20)9-5-14)17-10-6-15(13-22)7-11-17/h4-11,13H,12H2,1-3H3. The van der Waals surface area contributed by atoms with Crippen molar-refractivity contribution in [2.75, 3.05) is 4.90 Å². The number of nitrogens with zero attached hydrogens (tertiary/aromatic N) is 1. The number of hydrogen-bond donors (Lipinski definition) is 0. The molecule has 5 heteroatoms. The van der Waals surface area contributed by atoms with E-state index in [-0.39, 0.29) is 0 Å². The lowest BCUT2D eigenvalue weighted by Crippen LogP contribution is -2.36. The van der Waals surface area contributed by atoms with Crippen LogP contribution in [0.3, 0.4) is 0 Å². The molecule has 2 aromatic carbocycles. The molecule has 2 rings (SSSR count). The predicted molar refractivity (Wildman–Crippen MR) is 95.7 cm³/mol. The highest BCUT2D eigenvalue weighted by atomic mass is 35.5. The van der Waals surface area contributed by atoms with E-state index in [1.165, 1.54) is 4.90 Å². The Morgan fingerprint density at radius 2 is 1.67 bits per heavy atom. The second kappa shape index (κ2) is 7.49. The molecule has 126 valence electrons. The molecule has 0 unspecified atom stereocenters. The van der Waals surface area contributed by atoms with Crippen LogP contribution in [0.2, 0.25) is 5.02 Å². The number of rotatable bonds is 4. The molecule has 0 saturated carbocycles. The van der Waals surface area contributed by atoms with Crippen LogP contribution in [0.5, 0.6) is 0 Å². The van der Waals surface area contributed by atoms with E-state index in [9.17, 15) is 9.59 Å². The van der Waals surface area contributed by atoms with Gasteiger partial charge in [-0.05, 0) is 62.7 Å². The van der Waals surface area contributed by atoms with Crippen molar-refractivity contribution in [1.82, 2.24) is 0 Å². The van der Waals surface area contributed by atoms with Gasteiger partial charge in [0.05, 0.1) is 6.54 Å². The first-order chi connectivity index (χ1) is 11.3. The van der Waals surface area contributed by atoms with Crippen LogP contribution >= 0.6 is 11.6 Å². The van der Waals surface area contributed by atoms with Gasteiger partial charge in [-0.2, -0.15) is 0 Å². The van der Waals surface area contributed by atoms with Crippen molar-refractivity contribution in [3.05, 3.63) is 64.7 Å². The first-order valence-electron chi connectivity index (χ1n) is 7.59. The van der Waals surface area contributed by atoms with Crippen molar-refractivity contribution in [2.24, 2.45) is 0 Å². The molecule has 0 radical (unpaired) electrons.